The molecule has 0 radical (unpaired) electrons. The first-order chi connectivity index (χ1) is 11.3. The Morgan fingerprint density at radius 2 is 1.58 bits per heavy atom. The molecule has 8 nitrogen and oxygen atoms in total. The molecule has 136 valence electrons. The fourth-order valence-corrected chi connectivity index (χ4v) is 4.70. The van der Waals surface area contributed by atoms with Gasteiger partial charge in [-0.25, -0.2) is 18.1 Å². The maximum atomic E-state index is 12.9. The highest BCUT2D eigenvalue weighted by Gasteiger charge is 2.51. The van der Waals surface area contributed by atoms with E-state index in [2.05, 4.69) is 5.32 Å². The van der Waals surface area contributed by atoms with Crippen LogP contribution in [0.15, 0.2) is 0 Å². The Bertz CT molecular complexity index is 605. The Labute approximate surface area is 143 Å². The quantitative estimate of drug-likeness (QED) is 0.726. The van der Waals surface area contributed by atoms with E-state index in [0.29, 0.717) is 26.2 Å². The van der Waals surface area contributed by atoms with Crippen molar-refractivity contribution in [2.24, 2.45) is 0 Å². The van der Waals surface area contributed by atoms with E-state index in [0.717, 1.165) is 38.5 Å². The third kappa shape index (κ3) is 3.43. The summed E-state index contributed by atoms with van der Waals surface area (Å²) < 4.78 is 24.5. The van der Waals surface area contributed by atoms with Gasteiger partial charge in [0.15, 0.2) is 0 Å². The van der Waals surface area contributed by atoms with Crippen LogP contribution >= 0.6 is 0 Å². The Kier molecular flexibility index (Phi) is 4.85. The van der Waals surface area contributed by atoms with Crippen LogP contribution < -0.4 is 5.32 Å². The molecule has 0 unspecified atom stereocenters. The second kappa shape index (κ2) is 6.61. The standard InChI is InChI=1S/C15H26N4O4S/c1-24(22,23)18-10-8-17(9-11-18)12-19-13(20)15(16-14(19)21)6-4-2-3-5-7-15/h2-12H2,1H3,(H,16,21). The van der Waals surface area contributed by atoms with Crippen molar-refractivity contribution in [2.75, 3.05) is 39.1 Å². The van der Waals surface area contributed by atoms with E-state index in [1.807, 2.05) is 4.90 Å². The van der Waals surface area contributed by atoms with Gasteiger partial charge < -0.3 is 5.32 Å². The Morgan fingerprint density at radius 3 is 2.12 bits per heavy atom. The predicted octanol–water partition coefficient (Wildman–Crippen LogP) is 0.166. The van der Waals surface area contributed by atoms with E-state index in [1.165, 1.54) is 15.5 Å². The van der Waals surface area contributed by atoms with Crippen LogP contribution in [0, 0.1) is 0 Å². The number of hydrogen-bond acceptors (Lipinski definition) is 5. The zero-order valence-corrected chi connectivity index (χ0v) is 15.0. The number of carbonyl (C=O) groups is 2. The van der Waals surface area contributed by atoms with Crippen molar-refractivity contribution in [3.05, 3.63) is 0 Å². The summed E-state index contributed by atoms with van der Waals surface area (Å²) in [6, 6.07) is -0.313. The smallest absolute Gasteiger partial charge is 0.323 e. The molecule has 1 N–H and O–H groups in total. The van der Waals surface area contributed by atoms with Gasteiger partial charge in [0.25, 0.3) is 5.91 Å². The lowest BCUT2D eigenvalue weighted by molar-refractivity contribution is -0.133. The molecule has 3 amide bonds. The molecule has 3 rings (SSSR count). The first-order valence-corrected chi connectivity index (χ1v) is 10.5. The van der Waals surface area contributed by atoms with Crippen LogP contribution in [0.4, 0.5) is 4.79 Å². The van der Waals surface area contributed by atoms with E-state index in [9.17, 15) is 18.0 Å². The van der Waals surface area contributed by atoms with Gasteiger partial charge >= 0.3 is 6.03 Å². The average Bonchev–Trinajstić information content (AvgIpc) is 2.71. The van der Waals surface area contributed by atoms with Crippen molar-refractivity contribution in [1.29, 1.82) is 0 Å². The molecule has 0 bridgehead atoms. The lowest BCUT2D eigenvalue weighted by Gasteiger charge is -2.34. The summed E-state index contributed by atoms with van der Waals surface area (Å²) in [4.78, 5) is 28.5. The van der Waals surface area contributed by atoms with Crippen LogP contribution in [0.25, 0.3) is 0 Å². The van der Waals surface area contributed by atoms with Crippen molar-refractivity contribution in [3.63, 3.8) is 0 Å². The number of nitrogens with one attached hydrogen (secondary N) is 1. The molecule has 2 heterocycles. The van der Waals surface area contributed by atoms with Crippen LogP contribution in [-0.2, 0) is 14.8 Å². The summed E-state index contributed by atoms with van der Waals surface area (Å²) in [5.74, 6) is -0.111. The number of rotatable bonds is 3. The van der Waals surface area contributed by atoms with Gasteiger partial charge in [0.2, 0.25) is 10.0 Å². The summed E-state index contributed by atoms with van der Waals surface area (Å²) in [6.07, 6.45) is 6.79. The first kappa shape index (κ1) is 17.6. The Hall–Kier alpha value is -1.19. The molecule has 0 atom stereocenters. The van der Waals surface area contributed by atoms with Crippen molar-refractivity contribution in [2.45, 2.75) is 44.1 Å². The van der Waals surface area contributed by atoms with Gasteiger partial charge in [0.1, 0.15) is 5.54 Å². The second-order valence-electron chi connectivity index (χ2n) is 7.08. The normalized spacial score (nSPS) is 26.6. The van der Waals surface area contributed by atoms with Crippen LogP contribution in [-0.4, -0.2) is 79.1 Å². The highest BCUT2D eigenvalue weighted by molar-refractivity contribution is 7.88. The molecule has 1 saturated carbocycles. The maximum Gasteiger partial charge on any atom is 0.326 e. The highest BCUT2D eigenvalue weighted by atomic mass is 32.2. The zero-order chi connectivity index (χ0) is 17.4. The third-order valence-electron chi connectivity index (χ3n) is 5.34. The van der Waals surface area contributed by atoms with Gasteiger partial charge in [0, 0.05) is 26.2 Å². The first-order valence-electron chi connectivity index (χ1n) is 8.63. The lowest BCUT2D eigenvalue weighted by atomic mass is 9.90. The van der Waals surface area contributed by atoms with Crippen molar-refractivity contribution < 1.29 is 18.0 Å². The molecule has 2 saturated heterocycles. The van der Waals surface area contributed by atoms with E-state index in [4.69, 9.17) is 0 Å². The minimum Gasteiger partial charge on any atom is -0.323 e. The van der Waals surface area contributed by atoms with Gasteiger partial charge in [-0.05, 0) is 12.8 Å². The molecule has 3 fully saturated rings. The van der Waals surface area contributed by atoms with Crippen molar-refractivity contribution in [1.82, 2.24) is 19.4 Å². The topological polar surface area (TPSA) is 90.0 Å². The van der Waals surface area contributed by atoms with Gasteiger partial charge in [0.05, 0.1) is 12.9 Å². The van der Waals surface area contributed by atoms with Crippen molar-refractivity contribution in [3.8, 4) is 0 Å². The number of nitrogens with zero attached hydrogens (tertiary/aromatic N) is 3. The number of amides is 3. The third-order valence-corrected chi connectivity index (χ3v) is 6.65. The summed E-state index contributed by atoms with van der Waals surface area (Å²) in [6.45, 7) is 2.08. The number of carbonyl (C=O) groups excluding carboxylic acids is 2. The monoisotopic (exact) mass is 358 g/mol. The Morgan fingerprint density at radius 1 is 1.00 bits per heavy atom. The average molecular weight is 358 g/mol. The van der Waals surface area contributed by atoms with Crippen LogP contribution in [0.1, 0.15) is 38.5 Å². The molecule has 3 aliphatic rings. The van der Waals surface area contributed by atoms with E-state index in [-0.39, 0.29) is 18.6 Å². The number of piperazine rings is 1. The lowest BCUT2D eigenvalue weighted by Crippen LogP contribution is -2.53. The molecular formula is C15H26N4O4S. The summed E-state index contributed by atoms with van der Waals surface area (Å²) in [5.41, 5.74) is -0.706. The minimum atomic E-state index is -3.18. The number of hydrogen-bond donors (Lipinski definition) is 1. The number of imide groups is 1. The maximum absolute atomic E-state index is 12.9. The molecule has 0 aromatic rings. The minimum absolute atomic E-state index is 0.111. The fourth-order valence-electron chi connectivity index (χ4n) is 3.88. The van der Waals surface area contributed by atoms with Gasteiger partial charge in [-0.2, -0.15) is 4.31 Å². The van der Waals surface area contributed by atoms with Crippen LogP contribution in [0.2, 0.25) is 0 Å². The predicted molar refractivity (Wildman–Crippen MR) is 88.7 cm³/mol. The molecule has 1 spiro atoms. The summed E-state index contributed by atoms with van der Waals surface area (Å²) in [7, 11) is -3.18. The molecule has 0 aromatic carbocycles. The van der Waals surface area contributed by atoms with Crippen LogP contribution in [0.3, 0.4) is 0 Å². The van der Waals surface area contributed by atoms with Crippen molar-refractivity contribution >= 4 is 22.0 Å². The largest absolute Gasteiger partial charge is 0.326 e. The molecule has 2 aliphatic heterocycles. The molecular weight excluding hydrogens is 332 g/mol. The number of sulfonamides is 1. The summed E-state index contributed by atoms with van der Waals surface area (Å²) >= 11 is 0. The molecule has 0 aromatic heterocycles. The molecule has 1 aliphatic carbocycles. The zero-order valence-electron chi connectivity index (χ0n) is 14.2. The molecule has 9 heteroatoms. The van der Waals surface area contributed by atoms with Gasteiger partial charge in [-0.15, -0.1) is 0 Å². The second-order valence-corrected chi connectivity index (χ2v) is 9.06. The summed E-state index contributed by atoms with van der Waals surface area (Å²) in [5, 5.41) is 2.94. The van der Waals surface area contributed by atoms with E-state index >= 15 is 0 Å². The van der Waals surface area contributed by atoms with Gasteiger partial charge in [-0.3, -0.25) is 9.69 Å². The SMILES string of the molecule is CS(=O)(=O)N1CCN(CN2C(=O)NC3(CCCCCC3)C2=O)CC1. The van der Waals surface area contributed by atoms with Gasteiger partial charge in [-0.1, -0.05) is 25.7 Å². The number of urea groups is 1. The van der Waals surface area contributed by atoms with Crippen LogP contribution in [0.5, 0.6) is 0 Å². The molecule has 24 heavy (non-hydrogen) atoms. The highest BCUT2D eigenvalue weighted by Crippen LogP contribution is 2.32. The van der Waals surface area contributed by atoms with E-state index in [1.54, 1.807) is 0 Å². The van der Waals surface area contributed by atoms with E-state index < -0.39 is 15.6 Å². The Balaban J connectivity index is 1.62. The fraction of sp³-hybridized carbons (Fsp3) is 0.867.